The lowest BCUT2D eigenvalue weighted by molar-refractivity contribution is 0.333. The molecule has 2 aromatic rings. The normalized spacial score (nSPS) is 9.68. The Morgan fingerprint density at radius 3 is 2.79 bits per heavy atom. The van der Waals surface area contributed by atoms with Crippen LogP contribution in [0.3, 0.4) is 0 Å². The lowest BCUT2D eigenvalue weighted by Crippen LogP contribution is -2.11. The van der Waals surface area contributed by atoms with E-state index < -0.39 is 0 Å². The summed E-state index contributed by atoms with van der Waals surface area (Å²) in [4.78, 5) is 3.96. The highest BCUT2D eigenvalue weighted by atomic mass is 35.5. The summed E-state index contributed by atoms with van der Waals surface area (Å²) in [5.41, 5.74) is 1.25. The zero-order valence-electron chi connectivity index (χ0n) is 10.1. The molecule has 4 nitrogen and oxygen atoms in total. The zero-order valence-corrected chi connectivity index (χ0v) is 10.9. The molecular formula is C14H12ClN3O. The van der Waals surface area contributed by atoms with Crippen molar-refractivity contribution >= 4 is 17.3 Å². The maximum atomic E-state index is 8.63. The van der Waals surface area contributed by atoms with Crippen molar-refractivity contribution in [3.05, 3.63) is 53.3 Å². The van der Waals surface area contributed by atoms with Crippen LogP contribution in [0.1, 0.15) is 5.69 Å². The Morgan fingerprint density at radius 1 is 1.26 bits per heavy atom. The van der Waals surface area contributed by atoms with E-state index >= 15 is 0 Å². The van der Waals surface area contributed by atoms with Crippen molar-refractivity contribution in [1.29, 1.82) is 5.26 Å². The van der Waals surface area contributed by atoms with Crippen molar-refractivity contribution in [2.24, 2.45) is 0 Å². The van der Waals surface area contributed by atoms with Gasteiger partial charge in [0.2, 0.25) is 0 Å². The van der Waals surface area contributed by atoms with Crippen LogP contribution in [0.5, 0.6) is 5.75 Å². The van der Waals surface area contributed by atoms with Gasteiger partial charge in [0.25, 0.3) is 0 Å². The van der Waals surface area contributed by atoms with E-state index in [-0.39, 0.29) is 0 Å². The van der Waals surface area contributed by atoms with Crippen molar-refractivity contribution in [1.82, 2.24) is 4.98 Å². The second-order valence-electron chi connectivity index (χ2n) is 3.75. The van der Waals surface area contributed by atoms with Crippen LogP contribution in [-0.2, 0) is 0 Å². The molecule has 1 heterocycles. The number of halogens is 1. The van der Waals surface area contributed by atoms with Gasteiger partial charge in [-0.25, -0.2) is 4.98 Å². The van der Waals surface area contributed by atoms with E-state index in [9.17, 15) is 0 Å². The molecule has 0 aliphatic rings. The van der Waals surface area contributed by atoms with Gasteiger partial charge in [-0.2, -0.15) is 5.26 Å². The van der Waals surface area contributed by atoms with E-state index in [2.05, 4.69) is 10.3 Å². The Balaban J connectivity index is 1.78. The van der Waals surface area contributed by atoms with Gasteiger partial charge in [0.1, 0.15) is 24.1 Å². The molecule has 0 amide bonds. The number of aromatic nitrogens is 1. The van der Waals surface area contributed by atoms with Crippen LogP contribution in [0.15, 0.2) is 42.6 Å². The second kappa shape index (κ2) is 6.62. The van der Waals surface area contributed by atoms with Crippen LogP contribution in [0.2, 0.25) is 5.02 Å². The molecule has 0 spiro atoms. The van der Waals surface area contributed by atoms with E-state index in [0.717, 1.165) is 5.69 Å². The van der Waals surface area contributed by atoms with Gasteiger partial charge in [0.05, 0.1) is 16.9 Å². The maximum Gasteiger partial charge on any atom is 0.140 e. The van der Waals surface area contributed by atoms with Crippen molar-refractivity contribution in [3.63, 3.8) is 0 Å². The van der Waals surface area contributed by atoms with Gasteiger partial charge in [-0.05, 0) is 24.3 Å². The summed E-state index contributed by atoms with van der Waals surface area (Å²) in [7, 11) is 0. The lowest BCUT2D eigenvalue weighted by atomic mass is 10.3. The largest absolute Gasteiger partial charge is 0.490 e. The summed E-state index contributed by atoms with van der Waals surface area (Å²) in [6.45, 7) is 1.11. The molecule has 0 saturated heterocycles. The highest BCUT2D eigenvalue weighted by molar-refractivity contribution is 6.32. The van der Waals surface area contributed by atoms with Crippen molar-refractivity contribution in [2.45, 2.75) is 0 Å². The van der Waals surface area contributed by atoms with Crippen LogP contribution >= 0.6 is 11.6 Å². The summed E-state index contributed by atoms with van der Waals surface area (Å²) in [5.74, 6) is 0.670. The standard InChI is InChI=1S/C14H12ClN3O/c15-13-3-1-2-4-14(13)19-8-7-17-12-6-5-11(9-16)18-10-12/h1-6,10,17H,7-8H2. The van der Waals surface area contributed by atoms with Gasteiger partial charge in [-0.15, -0.1) is 0 Å². The molecule has 19 heavy (non-hydrogen) atoms. The third-order valence-electron chi connectivity index (χ3n) is 2.40. The number of rotatable bonds is 5. The number of hydrogen-bond donors (Lipinski definition) is 1. The predicted octanol–water partition coefficient (Wildman–Crippen LogP) is 3.10. The molecule has 0 radical (unpaired) electrons. The first-order valence-electron chi connectivity index (χ1n) is 5.77. The summed E-state index contributed by atoms with van der Waals surface area (Å²) in [6, 6.07) is 12.8. The predicted molar refractivity (Wildman–Crippen MR) is 74.4 cm³/mol. The third kappa shape index (κ3) is 3.87. The van der Waals surface area contributed by atoms with E-state index in [1.165, 1.54) is 0 Å². The Labute approximate surface area is 116 Å². The van der Waals surface area contributed by atoms with Crippen LogP contribution in [0.4, 0.5) is 5.69 Å². The maximum absolute atomic E-state index is 8.63. The van der Waals surface area contributed by atoms with E-state index in [1.54, 1.807) is 24.4 Å². The monoisotopic (exact) mass is 273 g/mol. The summed E-state index contributed by atoms with van der Waals surface area (Å²) in [5, 5.41) is 12.4. The molecule has 1 N–H and O–H groups in total. The summed E-state index contributed by atoms with van der Waals surface area (Å²) < 4.78 is 5.54. The number of ether oxygens (including phenoxy) is 1. The molecule has 2 rings (SSSR count). The van der Waals surface area contributed by atoms with Crippen LogP contribution in [0, 0.1) is 11.3 Å². The highest BCUT2D eigenvalue weighted by Gasteiger charge is 1.99. The number of hydrogen-bond acceptors (Lipinski definition) is 4. The number of nitrogens with zero attached hydrogens (tertiary/aromatic N) is 2. The number of nitriles is 1. The smallest absolute Gasteiger partial charge is 0.140 e. The minimum atomic E-state index is 0.401. The zero-order chi connectivity index (χ0) is 13.5. The Bertz CT molecular complexity index is 578. The summed E-state index contributed by atoms with van der Waals surface area (Å²) in [6.07, 6.45) is 1.62. The fraction of sp³-hybridized carbons (Fsp3) is 0.143. The molecule has 5 heteroatoms. The van der Waals surface area contributed by atoms with E-state index in [4.69, 9.17) is 21.6 Å². The molecule has 0 unspecified atom stereocenters. The molecule has 96 valence electrons. The molecule has 0 atom stereocenters. The van der Waals surface area contributed by atoms with Gasteiger partial charge in [-0.1, -0.05) is 23.7 Å². The lowest BCUT2D eigenvalue weighted by Gasteiger charge is -2.09. The molecule has 1 aromatic heterocycles. The Morgan fingerprint density at radius 2 is 2.11 bits per heavy atom. The fourth-order valence-electron chi connectivity index (χ4n) is 1.48. The van der Waals surface area contributed by atoms with Crippen molar-refractivity contribution in [2.75, 3.05) is 18.5 Å². The molecule has 0 aliphatic heterocycles. The molecule has 0 bridgehead atoms. The third-order valence-corrected chi connectivity index (χ3v) is 2.72. The minimum absolute atomic E-state index is 0.401. The number of anilines is 1. The van der Waals surface area contributed by atoms with E-state index in [0.29, 0.717) is 29.6 Å². The molecular weight excluding hydrogens is 262 g/mol. The first-order chi connectivity index (χ1) is 9.29. The van der Waals surface area contributed by atoms with Crippen molar-refractivity contribution < 1.29 is 4.74 Å². The van der Waals surface area contributed by atoms with Crippen LogP contribution < -0.4 is 10.1 Å². The second-order valence-corrected chi connectivity index (χ2v) is 4.16. The number of para-hydroxylation sites is 1. The van der Waals surface area contributed by atoms with Crippen LogP contribution in [0.25, 0.3) is 0 Å². The van der Waals surface area contributed by atoms with Crippen molar-refractivity contribution in [3.8, 4) is 11.8 Å². The Kier molecular flexibility index (Phi) is 4.60. The number of nitrogens with one attached hydrogen (secondary N) is 1. The van der Waals surface area contributed by atoms with E-state index in [1.807, 2.05) is 24.3 Å². The van der Waals surface area contributed by atoms with Crippen LogP contribution in [-0.4, -0.2) is 18.1 Å². The van der Waals surface area contributed by atoms with Gasteiger partial charge in [0, 0.05) is 6.54 Å². The first kappa shape index (κ1) is 13.2. The summed E-state index contributed by atoms with van der Waals surface area (Å²) >= 11 is 5.97. The number of pyridine rings is 1. The quantitative estimate of drug-likeness (QED) is 0.851. The average molecular weight is 274 g/mol. The highest BCUT2D eigenvalue weighted by Crippen LogP contribution is 2.22. The number of benzene rings is 1. The topological polar surface area (TPSA) is 57.9 Å². The van der Waals surface area contributed by atoms with Gasteiger partial charge in [-0.3, -0.25) is 0 Å². The molecule has 0 saturated carbocycles. The average Bonchev–Trinajstić information content (AvgIpc) is 2.46. The molecule has 0 fully saturated rings. The first-order valence-corrected chi connectivity index (χ1v) is 6.15. The fourth-order valence-corrected chi connectivity index (χ4v) is 1.67. The van der Waals surface area contributed by atoms with Gasteiger partial charge < -0.3 is 10.1 Å². The minimum Gasteiger partial charge on any atom is -0.490 e. The molecule has 0 aliphatic carbocycles. The van der Waals surface area contributed by atoms with Gasteiger partial charge in [0.15, 0.2) is 0 Å². The SMILES string of the molecule is N#Cc1ccc(NCCOc2ccccc2Cl)cn1. The molecule has 1 aromatic carbocycles. The van der Waals surface area contributed by atoms with Gasteiger partial charge >= 0.3 is 0 Å². The Hall–Kier alpha value is -2.25.